The number of carbonyl (C=O) groups is 1. The van der Waals surface area contributed by atoms with Gasteiger partial charge in [-0.15, -0.1) is 0 Å². The Balaban J connectivity index is 1.24. The van der Waals surface area contributed by atoms with Crippen LogP contribution in [0.4, 0.5) is 0 Å². The quantitative estimate of drug-likeness (QED) is 0.753. The van der Waals surface area contributed by atoms with Crippen LogP contribution in [-0.4, -0.2) is 26.3 Å². The second kappa shape index (κ2) is 7.16. The summed E-state index contributed by atoms with van der Waals surface area (Å²) in [6.45, 7) is 4.80. The van der Waals surface area contributed by atoms with Gasteiger partial charge in [0.05, 0.1) is 23.9 Å². The number of Topliss-reactive ketones (excluding diaryl/α,β-unsaturated/α-hetero) is 1. The highest BCUT2D eigenvalue weighted by Gasteiger charge is 2.65. The number of aliphatic hydroxyl groups is 1. The lowest BCUT2D eigenvalue weighted by molar-refractivity contribution is -0.150. The number of fused-ring (bicyclic) bond motifs is 7. The minimum absolute atomic E-state index is 0.119. The van der Waals surface area contributed by atoms with E-state index in [1.165, 1.54) is 38.5 Å². The highest BCUT2D eigenvalue weighted by Crippen LogP contribution is 2.71. The van der Waals surface area contributed by atoms with Crippen LogP contribution in [0.5, 0.6) is 0 Å². The van der Waals surface area contributed by atoms with E-state index in [0.29, 0.717) is 29.7 Å². The van der Waals surface area contributed by atoms with Gasteiger partial charge < -0.3 is 5.11 Å². The fourth-order valence-electron chi connectivity index (χ4n) is 9.40. The molecule has 0 spiro atoms. The Morgan fingerprint density at radius 3 is 2.72 bits per heavy atom. The van der Waals surface area contributed by atoms with Gasteiger partial charge in [-0.3, -0.25) is 9.48 Å². The van der Waals surface area contributed by atoms with Crippen LogP contribution in [0.3, 0.4) is 0 Å². The molecule has 0 amide bonds. The van der Waals surface area contributed by atoms with Crippen molar-refractivity contribution in [3.63, 3.8) is 0 Å². The third-order valence-electron chi connectivity index (χ3n) is 10.8. The van der Waals surface area contributed by atoms with E-state index >= 15 is 0 Å². The van der Waals surface area contributed by atoms with Gasteiger partial charge in [0.2, 0.25) is 0 Å². The molecule has 0 saturated heterocycles. The van der Waals surface area contributed by atoms with Gasteiger partial charge in [-0.2, -0.15) is 10.4 Å². The van der Waals surface area contributed by atoms with Crippen molar-refractivity contribution in [1.82, 2.24) is 9.78 Å². The first-order chi connectivity index (χ1) is 15.3. The first kappa shape index (κ1) is 20.9. The zero-order chi connectivity index (χ0) is 22.3. The number of aromatic nitrogens is 2. The molecule has 0 bridgehead atoms. The minimum atomic E-state index is -0.459. The van der Waals surface area contributed by atoms with Crippen LogP contribution in [-0.2, 0) is 11.3 Å². The van der Waals surface area contributed by atoms with E-state index in [9.17, 15) is 9.90 Å². The summed E-state index contributed by atoms with van der Waals surface area (Å²) in [6, 6.07) is 2.12. The monoisotopic (exact) mass is 435 g/mol. The van der Waals surface area contributed by atoms with E-state index in [4.69, 9.17) is 5.26 Å². The maximum Gasteiger partial charge on any atom is 0.157 e. The summed E-state index contributed by atoms with van der Waals surface area (Å²) in [4.78, 5) is 13.6. The number of hydrogen-bond donors (Lipinski definition) is 1. The van der Waals surface area contributed by atoms with Gasteiger partial charge >= 0.3 is 0 Å². The molecule has 1 aromatic heterocycles. The first-order valence-electron chi connectivity index (χ1n) is 13.0. The Bertz CT molecular complexity index is 960. The highest BCUT2D eigenvalue weighted by atomic mass is 16.3. The summed E-state index contributed by atoms with van der Waals surface area (Å²) in [6.07, 6.45) is 13.8. The molecule has 10 atom stereocenters. The third-order valence-corrected chi connectivity index (χ3v) is 10.8. The SMILES string of the molecule is C[C@@]1(O)CC[C@H]2[C@H](CC[C@@H]3[C@@H]2CC[C@@]2(C)[C@H]3[C@@H]3C[C@@H]3C[C@@H]2C(=O)Cn2cc(C#N)cn2)C1. The number of nitriles is 1. The number of hydrogen-bond acceptors (Lipinski definition) is 4. The summed E-state index contributed by atoms with van der Waals surface area (Å²) in [5, 5.41) is 24.0. The van der Waals surface area contributed by atoms with Crippen LogP contribution in [0.15, 0.2) is 12.4 Å². The second-order valence-electron chi connectivity index (χ2n) is 12.6. The highest BCUT2D eigenvalue weighted by molar-refractivity contribution is 5.82. The molecule has 1 N–H and O–H groups in total. The predicted molar refractivity (Wildman–Crippen MR) is 120 cm³/mol. The molecule has 5 aliphatic carbocycles. The molecule has 0 unspecified atom stereocenters. The van der Waals surface area contributed by atoms with Gasteiger partial charge in [-0.1, -0.05) is 6.92 Å². The lowest BCUT2D eigenvalue weighted by Crippen LogP contribution is -2.56. The van der Waals surface area contributed by atoms with Crippen LogP contribution in [0.2, 0.25) is 0 Å². The van der Waals surface area contributed by atoms with Crippen molar-refractivity contribution in [2.24, 2.45) is 52.8 Å². The summed E-state index contributed by atoms with van der Waals surface area (Å²) >= 11 is 0. The van der Waals surface area contributed by atoms with E-state index in [1.807, 2.05) is 6.92 Å². The van der Waals surface area contributed by atoms with Gasteiger partial charge in [0.15, 0.2) is 5.78 Å². The molecular weight excluding hydrogens is 398 g/mol. The van der Waals surface area contributed by atoms with Crippen molar-refractivity contribution in [2.45, 2.75) is 83.8 Å². The Kier molecular flexibility index (Phi) is 4.68. The van der Waals surface area contributed by atoms with Crippen molar-refractivity contribution in [1.29, 1.82) is 5.26 Å². The molecule has 5 heteroatoms. The van der Waals surface area contributed by atoms with Crippen molar-refractivity contribution < 1.29 is 9.90 Å². The summed E-state index contributed by atoms with van der Waals surface area (Å²) < 4.78 is 1.67. The average Bonchev–Trinajstić information content (AvgIpc) is 3.39. The molecule has 172 valence electrons. The second-order valence-corrected chi connectivity index (χ2v) is 12.6. The van der Waals surface area contributed by atoms with Gasteiger partial charge in [0.25, 0.3) is 0 Å². The third kappa shape index (κ3) is 3.20. The standard InChI is InChI=1S/C27H37N3O2/c1-26(32)7-5-19-17(11-26)3-4-21-20(19)6-8-27(2)23(10-18-9-22(18)25(21)27)24(31)15-30-14-16(12-28)13-29-30/h13-14,17-23,25,32H,3-11,15H2,1-2H3/t17-,18-,19+,20-,21-,22-,23-,25-,26-,27-/m1/s1. The fraction of sp³-hybridized carbons (Fsp3) is 0.815. The maximum atomic E-state index is 13.6. The van der Waals surface area contributed by atoms with Crippen LogP contribution in [0.25, 0.3) is 0 Å². The fourth-order valence-corrected chi connectivity index (χ4v) is 9.40. The van der Waals surface area contributed by atoms with Gasteiger partial charge in [0.1, 0.15) is 6.07 Å². The van der Waals surface area contributed by atoms with Crippen LogP contribution < -0.4 is 0 Å². The molecule has 0 aliphatic heterocycles. The van der Waals surface area contributed by atoms with Crippen molar-refractivity contribution >= 4 is 5.78 Å². The minimum Gasteiger partial charge on any atom is -0.390 e. The molecule has 32 heavy (non-hydrogen) atoms. The molecule has 6 rings (SSSR count). The maximum absolute atomic E-state index is 13.6. The van der Waals surface area contributed by atoms with Crippen molar-refractivity contribution in [2.75, 3.05) is 0 Å². The van der Waals surface area contributed by atoms with E-state index < -0.39 is 5.60 Å². The zero-order valence-corrected chi connectivity index (χ0v) is 19.5. The molecule has 5 aliphatic rings. The van der Waals surface area contributed by atoms with Crippen molar-refractivity contribution in [3.05, 3.63) is 18.0 Å². The zero-order valence-electron chi connectivity index (χ0n) is 19.5. The molecule has 0 radical (unpaired) electrons. The number of ketones is 1. The van der Waals surface area contributed by atoms with E-state index in [1.54, 1.807) is 17.1 Å². The lowest BCUT2D eigenvalue weighted by atomic mass is 9.44. The summed E-state index contributed by atoms with van der Waals surface area (Å²) in [7, 11) is 0. The molecular formula is C27H37N3O2. The van der Waals surface area contributed by atoms with Crippen LogP contribution in [0, 0.1) is 64.1 Å². The number of rotatable bonds is 3. The van der Waals surface area contributed by atoms with Gasteiger partial charge in [-0.05, 0) is 112 Å². The number of carbonyl (C=O) groups excluding carboxylic acids is 1. The molecule has 5 fully saturated rings. The lowest BCUT2D eigenvalue weighted by Gasteiger charge is -2.60. The average molecular weight is 436 g/mol. The van der Waals surface area contributed by atoms with Gasteiger partial charge in [-0.25, -0.2) is 0 Å². The Morgan fingerprint density at radius 1 is 1.12 bits per heavy atom. The Labute approximate surface area is 191 Å². The Hall–Kier alpha value is -1.67. The van der Waals surface area contributed by atoms with Crippen LogP contribution >= 0.6 is 0 Å². The molecule has 0 aromatic carbocycles. The molecule has 1 aromatic rings. The topological polar surface area (TPSA) is 78.9 Å². The summed E-state index contributed by atoms with van der Waals surface area (Å²) in [5.41, 5.74) is 0.184. The smallest absolute Gasteiger partial charge is 0.157 e. The van der Waals surface area contributed by atoms with E-state index in [2.05, 4.69) is 18.1 Å². The summed E-state index contributed by atoms with van der Waals surface area (Å²) in [5.74, 6) is 5.83. The van der Waals surface area contributed by atoms with Gasteiger partial charge in [0, 0.05) is 12.1 Å². The molecule has 5 nitrogen and oxygen atoms in total. The molecule has 5 saturated carbocycles. The normalized spacial score (nSPS) is 49.1. The first-order valence-corrected chi connectivity index (χ1v) is 13.0. The van der Waals surface area contributed by atoms with E-state index in [-0.39, 0.29) is 11.3 Å². The number of nitrogens with zero attached hydrogens (tertiary/aromatic N) is 3. The van der Waals surface area contributed by atoms with Crippen LogP contribution in [0.1, 0.15) is 77.2 Å². The Morgan fingerprint density at radius 2 is 1.94 bits per heavy atom. The largest absolute Gasteiger partial charge is 0.390 e. The predicted octanol–water partition coefficient (Wildman–Crippen LogP) is 4.59. The molecule has 1 heterocycles. The van der Waals surface area contributed by atoms with E-state index in [0.717, 1.165) is 48.9 Å². The van der Waals surface area contributed by atoms with Crippen molar-refractivity contribution in [3.8, 4) is 6.07 Å².